The Morgan fingerprint density at radius 3 is 2.18 bits per heavy atom. The molecular formula is C44H31N. The van der Waals surface area contributed by atoms with Crippen LogP contribution in [0.5, 0.6) is 0 Å². The van der Waals surface area contributed by atoms with Crippen molar-refractivity contribution < 1.29 is 0 Å². The van der Waals surface area contributed by atoms with E-state index in [0.717, 1.165) is 17.6 Å². The lowest BCUT2D eigenvalue weighted by molar-refractivity contribution is 0.855. The highest BCUT2D eigenvalue weighted by atomic mass is 15.0. The maximum Gasteiger partial charge on any atom is 0.0544 e. The van der Waals surface area contributed by atoms with Gasteiger partial charge in [0.25, 0.3) is 0 Å². The molecule has 0 N–H and O–H groups in total. The summed E-state index contributed by atoms with van der Waals surface area (Å²) in [6.07, 6.45) is 11.8. The average Bonchev–Trinajstić information content (AvgIpc) is 3.44. The summed E-state index contributed by atoms with van der Waals surface area (Å²) in [5, 5.41) is 10.2. The summed E-state index contributed by atoms with van der Waals surface area (Å²) in [4.78, 5) is 0. The van der Waals surface area contributed by atoms with Crippen LogP contribution in [0.2, 0.25) is 0 Å². The van der Waals surface area contributed by atoms with Gasteiger partial charge in [-0.05, 0) is 90.8 Å². The molecule has 0 saturated heterocycles. The van der Waals surface area contributed by atoms with Crippen molar-refractivity contribution in [1.82, 2.24) is 4.57 Å². The van der Waals surface area contributed by atoms with Crippen molar-refractivity contribution in [2.45, 2.75) is 12.3 Å². The number of allylic oxidation sites excluding steroid dienone is 6. The number of aromatic nitrogens is 1. The van der Waals surface area contributed by atoms with Gasteiger partial charge in [-0.3, -0.25) is 0 Å². The van der Waals surface area contributed by atoms with Gasteiger partial charge in [-0.15, -0.1) is 0 Å². The molecule has 1 nitrogen and oxygen atoms in total. The smallest absolute Gasteiger partial charge is 0.0544 e. The van der Waals surface area contributed by atoms with Crippen LogP contribution in [0.4, 0.5) is 0 Å². The molecule has 9 rings (SSSR count). The molecule has 1 unspecified atom stereocenters. The van der Waals surface area contributed by atoms with Gasteiger partial charge in [-0.2, -0.15) is 0 Å². The van der Waals surface area contributed by atoms with E-state index in [2.05, 4.69) is 157 Å². The molecule has 1 heterocycles. The van der Waals surface area contributed by atoms with Crippen molar-refractivity contribution in [3.8, 4) is 16.8 Å². The summed E-state index contributed by atoms with van der Waals surface area (Å²) in [5.41, 5.74) is 9.58. The quantitative estimate of drug-likeness (QED) is 0.143. The average molecular weight is 574 g/mol. The predicted octanol–water partition coefficient (Wildman–Crippen LogP) is 12.1. The van der Waals surface area contributed by atoms with Crippen LogP contribution in [0, 0.1) is 0 Å². The van der Waals surface area contributed by atoms with Crippen LogP contribution >= 0.6 is 0 Å². The minimum Gasteiger partial charge on any atom is -0.309 e. The van der Waals surface area contributed by atoms with Crippen LogP contribution in [0.25, 0.3) is 76.5 Å². The largest absolute Gasteiger partial charge is 0.309 e. The molecule has 1 atom stereocenters. The molecule has 212 valence electrons. The van der Waals surface area contributed by atoms with Gasteiger partial charge in [0.05, 0.1) is 11.0 Å². The van der Waals surface area contributed by atoms with Crippen molar-refractivity contribution in [3.05, 3.63) is 170 Å². The second kappa shape index (κ2) is 9.94. The highest BCUT2D eigenvalue weighted by Gasteiger charge is 2.17. The Bertz CT molecular complexity index is 2530. The van der Waals surface area contributed by atoms with Crippen LogP contribution in [0.15, 0.2) is 159 Å². The first-order valence-corrected chi connectivity index (χ1v) is 15.7. The number of hydrogen-bond acceptors (Lipinski definition) is 0. The summed E-state index contributed by atoms with van der Waals surface area (Å²) >= 11 is 0. The van der Waals surface area contributed by atoms with Crippen LogP contribution in [0.1, 0.15) is 23.5 Å². The zero-order valence-electron chi connectivity index (χ0n) is 25.0. The van der Waals surface area contributed by atoms with E-state index in [1.807, 2.05) is 6.08 Å². The molecule has 0 radical (unpaired) electrons. The minimum atomic E-state index is 0.411. The van der Waals surface area contributed by atoms with Gasteiger partial charge >= 0.3 is 0 Å². The molecule has 0 spiro atoms. The van der Waals surface area contributed by atoms with Crippen molar-refractivity contribution >= 4 is 59.7 Å². The molecular weight excluding hydrogens is 542 g/mol. The van der Waals surface area contributed by atoms with Gasteiger partial charge in [0.15, 0.2) is 0 Å². The lowest BCUT2D eigenvalue weighted by Gasteiger charge is -2.17. The second-order valence-corrected chi connectivity index (χ2v) is 12.2. The van der Waals surface area contributed by atoms with Gasteiger partial charge in [-0.1, -0.05) is 135 Å². The van der Waals surface area contributed by atoms with Gasteiger partial charge in [0.1, 0.15) is 0 Å². The van der Waals surface area contributed by atoms with E-state index in [-0.39, 0.29) is 0 Å². The first kappa shape index (κ1) is 25.8. The van der Waals surface area contributed by atoms with E-state index >= 15 is 0 Å². The van der Waals surface area contributed by atoms with E-state index in [4.69, 9.17) is 0 Å². The standard InChI is InChI=1S/C44H31N/c1-3-28(2)35-22-15-31-18-26-40-36(23-16-32-17-25-39(35)43(31)44(32)40)30-13-20-34(21-14-30)45-41-12-8-7-11-37(41)38-24-19-33(27-42(38)45)29-9-5-4-6-10-29/h3-9,11-27,29H,1-2,10H2. The van der Waals surface area contributed by atoms with E-state index in [1.165, 1.54) is 76.5 Å². The zero-order chi connectivity index (χ0) is 30.1. The molecule has 8 aromatic rings. The number of para-hydroxylation sites is 1. The number of rotatable bonds is 5. The summed E-state index contributed by atoms with van der Waals surface area (Å²) in [6.45, 7) is 8.24. The topological polar surface area (TPSA) is 4.93 Å². The first-order valence-electron chi connectivity index (χ1n) is 15.7. The third-order valence-corrected chi connectivity index (χ3v) is 9.80. The predicted molar refractivity (Wildman–Crippen MR) is 195 cm³/mol. The lowest BCUT2D eigenvalue weighted by Crippen LogP contribution is -1.98. The zero-order valence-corrected chi connectivity index (χ0v) is 25.0. The van der Waals surface area contributed by atoms with E-state index in [0.29, 0.717) is 5.92 Å². The number of fused-ring (bicyclic) bond motifs is 3. The SMILES string of the molecule is C=CC(=C)c1ccc2ccc3c(-c4ccc(-n5c6ccccc6c6ccc(C7C=CC=CC7)cc65)cc4)ccc4ccc1c2c43. The first-order chi connectivity index (χ1) is 22.2. The Balaban J connectivity index is 1.21. The van der Waals surface area contributed by atoms with Crippen LogP contribution < -0.4 is 0 Å². The van der Waals surface area contributed by atoms with Gasteiger partial charge in [0.2, 0.25) is 0 Å². The number of hydrogen-bond donors (Lipinski definition) is 0. The summed E-state index contributed by atoms with van der Waals surface area (Å²) < 4.78 is 2.43. The fraction of sp³-hybridized carbons (Fsp3) is 0.0455. The van der Waals surface area contributed by atoms with Gasteiger partial charge < -0.3 is 4.57 Å². The highest BCUT2D eigenvalue weighted by Crippen LogP contribution is 2.42. The van der Waals surface area contributed by atoms with Crippen LogP contribution in [-0.2, 0) is 0 Å². The molecule has 1 aromatic heterocycles. The molecule has 1 heteroatoms. The second-order valence-electron chi connectivity index (χ2n) is 12.2. The molecule has 0 fully saturated rings. The van der Waals surface area contributed by atoms with Crippen molar-refractivity contribution in [2.24, 2.45) is 0 Å². The number of nitrogens with zero attached hydrogens (tertiary/aromatic N) is 1. The molecule has 1 aliphatic rings. The molecule has 1 aliphatic carbocycles. The van der Waals surface area contributed by atoms with E-state index in [9.17, 15) is 0 Å². The monoisotopic (exact) mass is 573 g/mol. The molecule has 0 aliphatic heterocycles. The van der Waals surface area contributed by atoms with Crippen molar-refractivity contribution in [1.29, 1.82) is 0 Å². The fourth-order valence-corrected chi connectivity index (χ4v) is 7.56. The Morgan fingerprint density at radius 2 is 1.38 bits per heavy atom. The molecule has 0 bridgehead atoms. The van der Waals surface area contributed by atoms with Crippen LogP contribution in [-0.4, -0.2) is 4.57 Å². The third kappa shape index (κ3) is 3.87. The fourth-order valence-electron chi connectivity index (χ4n) is 7.56. The molecule has 45 heavy (non-hydrogen) atoms. The van der Waals surface area contributed by atoms with Gasteiger partial charge in [0, 0.05) is 22.4 Å². The molecule has 7 aromatic carbocycles. The Labute approximate surface area is 262 Å². The van der Waals surface area contributed by atoms with E-state index in [1.54, 1.807) is 0 Å². The third-order valence-electron chi connectivity index (χ3n) is 9.80. The van der Waals surface area contributed by atoms with Crippen LogP contribution in [0.3, 0.4) is 0 Å². The Kier molecular flexibility index (Phi) is 5.70. The maximum atomic E-state index is 4.26. The van der Waals surface area contributed by atoms with Crippen molar-refractivity contribution in [3.63, 3.8) is 0 Å². The lowest BCUT2D eigenvalue weighted by atomic mass is 9.87. The Hall–Kier alpha value is -5.66. The summed E-state index contributed by atoms with van der Waals surface area (Å²) in [5.74, 6) is 0.411. The Morgan fingerprint density at radius 1 is 0.667 bits per heavy atom. The van der Waals surface area contributed by atoms with Crippen molar-refractivity contribution in [2.75, 3.05) is 0 Å². The maximum absolute atomic E-state index is 4.26. The highest BCUT2D eigenvalue weighted by molar-refractivity contribution is 6.27. The van der Waals surface area contributed by atoms with E-state index < -0.39 is 0 Å². The normalized spacial score (nSPS) is 14.8. The summed E-state index contributed by atoms with van der Waals surface area (Å²) in [7, 11) is 0. The minimum absolute atomic E-state index is 0.411. The summed E-state index contributed by atoms with van der Waals surface area (Å²) in [6, 6.07) is 42.9. The molecule has 0 saturated carbocycles. The number of benzene rings is 7. The van der Waals surface area contributed by atoms with Gasteiger partial charge in [-0.25, -0.2) is 0 Å². The molecule has 0 amide bonds.